The quantitative estimate of drug-likeness (QED) is 0.739. The van der Waals surface area contributed by atoms with Crippen LogP contribution in [-0.2, 0) is 6.54 Å². The van der Waals surface area contributed by atoms with Crippen molar-refractivity contribution in [3.8, 4) is 0 Å². The summed E-state index contributed by atoms with van der Waals surface area (Å²) in [5, 5.41) is 0.890. The van der Waals surface area contributed by atoms with Crippen molar-refractivity contribution in [2.45, 2.75) is 38.3 Å². The number of benzene rings is 1. The predicted molar refractivity (Wildman–Crippen MR) is 72.8 cm³/mol. The summed E-state index contributed by atoms with van der Waals surface area (Å²) in [4.78, 5) is 2.33. The molecule has 0 aromatic heterocycles. The first-order valence-corrected chi connectivity index (χ1v) is 7.56. The fourth-order valence-corrected chi connectivity index (χ4v) is 3.16. The lowest BCUT2D eigenvalue weighted by molar-refractivity contribution is 0.202. The molecule has 0 saturated heterocycles. The Bertz CT molecular complexity index is 371. The van der Waals surface area contributed by atoms with Gasteiger partial charge in [0.15, 0.2) is 0 Å². The Morgan fingerprint density at radius 1 is 1.11 bits per heavy atom. The molecule has 0 heterocycles. The summed E-state index contributed by atoms with van der Waals surface area (Å²) in [7, 11) is 0. The number of hydrogen-bond acceptors (Lipinski definition) is 1. The fraction of sp³-hybridized carbons (Fsp3) is 0.571. The van der Waals surface area contributed by atoms with Crippen LogP contribution in [0.3, 0.4) is 0 Å². The van der Waals surface area contributed by atoms with Crippen LogP contribution in [0.5, 0.6) is 0 Å². The average molecular weight is 318 g/mol. The molecule has 2 rings (SSSR count). The van der Waals surface area contributed by atoms with E-state index in [2.05, 4.69) is 20.8 Å². The molecule has 1 nitrogen and oxygen atoms in total. The SMILES string of the molecule is Fc1cc(F)cc(CN(CCBr)C2CCCC2)c1. The van der Waals surface area contributed by atoms with E-state index in [9.17, 15) is 8.78 Å². The van der Waals surface area contributed by atoms with Gasteiger partial charge >= 0.3 is 0 Å². The molecule has 1 saturated carbocycles. The molecule has 1 aliphatic carbocycles. The molecule has 0 spiro atoms. The zero-order chi connectivity index (χ0) is 13.0. The minimum absolute atomic E-state index is 0.491. The molecule has 0 aliphatic heterocycles. The second-order valence-electron chi connectivity index (χ2n) is 4.88. The highest BCUT2D eigenvalue weighted by Crippen LogP contribution is 2.25. The molecule has 1 aromatic carbocycles. The van der Waals surface area contributed by atoms with Gasteiger partial charge in [-0.2, -0.15) is 0 Å². The van der Waals surface area contributed by atoms with Crippen molar-refractivity contribution in [3.63, 3.8) is 0 Å². The Labute approximate surface area is 115 Å². The van der Waals surface area contributed by atoms with Crippen LogP contribution in [0.4, 0.5) is 8.78 Å². The topological polar surface area (TPSA) is 3.24 Å². The van der Waals surface area contributed by atoms with Gasteiger partial charge in [0.05, 0.1) is 0 Å². The highest BCUT2D eigenvalue weighted by atomic mass is 79.9. The molecule has 1 fully saturated rings. The first kappa shape index (κ1) is 13.9. The van der Waals surface area contributed by atoms with Gasteiger partial charge in [-0.3, -0.25) is 4.90 Å². The Hall–Kier alpha value is -0.480. The summed E-state index contributed by atoms with van der Waals surface area (Å²) in [6.45, 7) is 1.55. The van der Waals surface area contributed by atoms with Crippen LogP contribution in [0.15, 0.2) is 18.2 Å². The summed E-state index contributed by atoms with van der Waals surface area (Å²) in [5.74, 6) is -0.981. The van der Waals surface area contributed by atoms with Crippen molar-refractivity contribution in [1.29, 1.82) is 0 Å². The normalized spacial score (nSPS) is 16.7. The van der Waals surface area contributed by atoms with E-state index in [0.29, 0.717) is 12.6 Å². The maximum Gasteiger partial charge on any atom is 0.126 e. The van der Waals surface area contributed by atoms with Crippen molar-refractivity contribution in [2.24, 2.45) is 0 Å². The zero-order valence-electron chi connectivity index (χ0n) is 10.3. The lowest BCUT2D eigenvalue weighted by Crippen LogP contribution is -2.34. The largest absolute Gasteiger partial charge is 0.295 e. The number of alkyl halides is 1. The number of rotatable bonds is 5. The van der Waals surface area contributed by atoms with Crippen molar-refractivity contribution in [3.05, 3.63) is 35.4 Å². The molecule has 0 amide bonds. The van der Waals surface area contributed by atoms with E-state index < -0.39 is 11.6 Å². The highest BCUT2D eigenvalue weighted by molar-refractivity contribution is 9.09. The van der Waals surface area contributed by atoms with Gasteiger partial charge in [-0.05, 0) is 30.5 Å². The first-order valence-electron chi connectivity index (χ1n) is 6.44. The van der Waals surface area contributed by atoms with Crippen LogP contribution in [0.2, 0.25) is 0 Å². The van der Waals surface area contributed by atoms with Crippen LogP contribution in [0.1, 0.15) is 31.2 Å². The maximum atomic E-state index is 13.2. The standard InChI is InChI=1S/C14H18BrF2N/c15-5-6-18(14-3-1-2-4-14)10-11-7-12(16)9-13(17)8-11/h7-9,14H,1-6,10H2. The average Bonchev–Trinajstić information content (AvgIpc) is 2.80. The van der Waals surface area contributed by atoms with E-state index in [-0.39, 0.29) is 0 Å². The maximum absolute atomic E-state index is 13.2. The van der Waals surface area contributed by atoms with E-state index in [4.69, 9.17) is 0 Å². The van der Waals surface area contributed by atoms with Crippen LogP contribution in [0, 0.1) is 11.6 Å². The van der Waals surface area contributed by atoms with Crippen molar-refractivity contribution >= 4 is 15.9 Å². The molecule has 100 valence electrons. The third-order valence-electron chi connectivity index (χ3n) is 3.52. The lowest BCUT2D eigenvalue weighted by Gasteiger charge is -2.28. The molecule has 1 aromatic rings. The van der Waals surface area contributed by atoms with Crippen LogP contribution < -0.4 is 0 Å². The Morgan fingerprint density at radius 3 is 2.28 bits per heavy atom. The predicted octanol–water partition coefficient (Wildman–Crippen LogP) is 4.10. The number of hydrogen-bond donors (Lipinski definition) is 0. The van der Waals surface area contributed by atoms with Crippen LogP contribution in [0.25, 0.3) is 0 Å². The van der Waals surface area contributed by atoms with Gasteiger partial charge in [0.25, 0.3) is 0 Å². The number of halogens is 3. The van der Waals surface area contributed by atoms with Gasteiger partial charge < -0.3 is 0 Å². The molecule has 0 radical (unpaired) electrons. The van der Waals surface area contributed by atoms with Gasteiger partial charge in [-0.25, -0.2) is 8.78 Å². The summed E-state index contributed by atoms with van der Waals surface area (Å²) in [5.41, 5.74) is 0.723. The Balaban J connectivity index is 2.07. The number of nitrogens with zero attached hydrogens (tertiary/aromatic N) is 1. The second kappa shape index (κ2) is 6.62. The minimum Gasteiger partial charge on any atom is -0.295 e. The first-order chi connectivity index (χ1) is 8.69. The van der Waals surface area contributed by atoms with Gasteiger partial charge in [0.2, 0.25) is 0 Å². The minimum atomic E-state index is -0.491. The third-order valence-corrected chi connectivity index (χ3v) is 3.88. The van der Waals surface area contributed by atoms with Gasteiger partial charge in [0, 0.05) is 30.5 Å². The summed E-state index contributed by atoms with van der Waals surface area (Å²) in [6, 6.07) is 4.35. The molecular formula is C14H18BrF2N. The third kappa shape index (κ3) is 3.75. The molecular weight excluding hydrogens is 300 g/mol. The van der Waals surface area contributed by atoms with Gasteiger partial charge in [-0.1, -0.05) is 28.8 Å². The molecule has 4 heteroatoms. The molecule has 0 bridgehead atoms. The summed E-state index contributed by atoms with van der Waals surface area (Å²) in [6.07, 6.45) is 4.93. The second-order valence-corrected chi connectivity index (χ2v) is 5.67. The van der Waals surface area contributed by atoms with Crippen LogP contribution >= 0.6 is 15.9 Å². The zero-order valence-corrected chi connectivity index (χ0v) is 11.9. The lowest BCUT2D eigenvalue weighted by atomic mass is 10.1. The molecule has 0 N–H and O–H groups in total. The van der Waals surface area contributed by atoms with E-state index in [1.807, 2.05) is 0 Å². The van der Waals surface area contributed by atoms with E-state index in [1.54, 1.807) is 0 Å². The Kier molecular flexibility index (Phi) is 5.13. The van der Waals surface area contributed by atoms with Gasteiger partial charge in [-0.15, -0.1) is 0 Å². The molecule has 1 aliphatic rings. The Morgan fingerprint density at radius 2 is 1.72 bits per heavy atom. The molecule has 18 heavy (non-hydrogen) atoms. The summed E-state index contributed by atoms with van der Waals surface area (Å²) >= 11 is 3.45. The molecule has 0 atom stereocenters. The smallest absolute Gasteiger partial charge is 0.126 e. The van der Waals surface area contributed by atoms with Crippen molar-refractivity contribution < 1.29 is 8.78 Å². The van der Waals surface area contributed by atoms with Crippen molar-refractivity contribution in [2.75, 3.05) is 11.9 Å². The van der Waals surface area contributed by atoms with Gasteiger partial charge in [0.1, 0.15) is 11.6 Å². The van der Waals surface area contributed by atoms with E-state index >= 15 is 0 Å². The molecule has 0 unspecified atom stereocenters. The fourth-order valence-electron chi connectivity index (χ4n) is 2.71. The van der Waals surface area contributed by atoms with E-state index in [0.717, 1.165) is 23.5 Å². The summed E-state index contributed by atoms with van der Waals surface area (Å²) < 4.78 is 26.3. The van der Waals surface area contributed by atoms with Crippen LogP contribution in [-0.4, -0.2) is 22.8 Å². The van der Waals surface area contributed by atoms with Crippen molar-refractivity contribution in [1.82, 2.24) is 4.90 Å². The highest BCUT2D eigenvalue weighted by Gasteiger charge is 2.22. The monoisotopic (exact) mass is 317 g/mol. The van der Waals surface area contributed by atoms with E-state index in [1.165, 1.54) is 37.8 Å².